The highest BCUT2D eigenvalue weighted by atomic mass is 19.1. The molecule has 0 aliphatic rings. The van der Waals surface area contributed by atoms with Crippen LogP contribution >= 0.6 is 0 Å². The van der Waals surface area contributed by atoms with Gasteiger partial charge in [0.1, 0.15) is 37.9 Å². The van der Waals surface area contributed by atoms with Gasteiger partial charge in [0.2, 0.25) is 0 Å². The van der Waals surface area contributed by atoms with Crippen LogP contribution in [0.25, 0.3) is 33.4 Å². The Bertz CT molecular complexity index is 1670. The smallest absolute Gasteiger partial charge is 0.333 e. The number of benzene rings is 4. The molecule has 0 aliphatic heterocycles. The number of alkyl halides is 1. The summed E-state index contributed by atoms with van der Waals surface area (Å²) in [4.78, 5) is 24.0. The van der Waals surface area contributed by atoms with E-state index in [9.17, 15) is 14.0 Å². The lowest BCUT2D eigenvalue weighted by atomic mass is 9.97. The molecule has 0 unspecified atom stereocenters. The highest BCUT2D eigenvalue weighted by molar-refractivity contribution is 5.88. The normalized spacial score (nSPS) is 10.7. The van der Waals surface area contributed by atoms with Gasteiger partial charge in [0.25, 0.3) is 0 Å². The molecule has 0 amide bonds. The van der Waals surface area contributed by atoms with E-state index in [-0.39, 0.29) is 70.3 Å². The summed E-state index contributed by atoms with van der Waals surface area (Å²) < 4.78 is 34.6. The summed E-state index contributed by atoms with van der Waals surface area (Å²) in [5.74, 6) is -0.220. The molecule has 2 N–H and O–H groups in total. The predicted molar refractivity (Wildman–Crippen MR) is 196 cm³/mol. The van der Waals surface area contributed by atoms with Gasteiger partial charge in [0, 0.05) is 43.3 Å². The van der Waals surface area contributed by atoms with Crippen molar-refractivity contribution in [3.05, 3.63) is 121 Å². The van der Waals surface area contributed by atoms with Crippen LogP contribution < -0.4 is 9.47 Å². The van der Waals surface area contributed by atoms with Crippen molar-refractivity contribution in [1.82, 2.24) is 0 Å². The van der Waals surface area contributed by atoms with Crippen LogP contribution in [0.1, 0.15) is 31.2 Å². The second kappa shape index (κ2) is 20.4. The van der Waals surface area contributed by atoms with Crippen LogP contribution in [0, 0.1) is 0 Å². The van der Waals surface area contributed by atoms with Crippen molar-refractivity contribution in [2.75, 3.05) is 46.3 Å². The van der Waals surface area contributed by atoms with Crippen LogP contribution in [0.2, 0.25) is 0 Å². The van der Waals surface area contributed by atoms with Crippen LogP contribution in [0.5, 0.6) is 11.5 Å². The predicted octanol–water partition coefficient (Wildman–Crippen LogP) is 7.70. The number of ether oxygens (including phenoxy) is 4. The van der Waals surface area contributed by atoms with Crippen molar-refractivity contribution in [1.29, 1.82) is 0 Å². The number of aryl methyl sites for hydroxylation is 1. The Labute approximate surface area is 298 Å². The Hall–Kier alpha value is -5.25. The third-order valence-electron chi connectivity index (χ3n) is 8.03. The maximum atomic E-state index is 12.4. The van der Waals surface area contributed by atoms with E-state index in [0.717, 1.165) is 46.2 Å². The number of esters is 2. The molecule has 0 saturated carbocycles. The van der Waals surface area contributed by atoms with Crippen molar-refractivity contribution in [3.8, 4) is 44.9 Å². The Morgan fingerprint density at radius 3 is 1.33 bits per heavy atom. The quantitative estimate of drug-likeness (QED) is 0.0518. The molecular formula is C42H45FO8. The van der Waals surface area contributed by atoms with Gasteiger partial charge in [-0.25, -0.2) is 9.59 Å². The molecule has 0 heterocycles. The minimum Gasteiger partial charge on any atom is -0.490 e. The number of aliphatic hydroxyl groups is 2. The number of hydrogen-bond donors (Lipinski definition) is 2. The van der Waals surface area contributed by atoms with Crippen molar-refractivity contribution in [2.24, 2.45) is 0 Å². The summed E-state index contributed by atoms with van der Waals surface area (Å²) in [5.41, 5.74) is 7.67. The maximum absolute atomic E-state index is 12.4. The van der Waals surface area contributed by atoms with E-state index in [1.54, 1.807) is 6.07 Å². The largest absolute Gasteiger partial charge is 0.490 e. The molecule has 0 radical (unpaired) electrons. The Morgan fingerprint density at radius 1 is 0.549 bits per heavy atom. The van der Waals surface area contributed by atoms with Gasteiger partial charge in [-0.2, -0.15) is 0 Å². The first kappa shape index (κ1) is 38.6. The van der Waals surface area contributed by atoms with Gasteiger partial charge in [-0.1, -0.05) is 86.0 Å². The number of unbranched alkanes of at least 4 members (excludes halogenated alkanes) is 1. The zero-order valence-corrected chi connectivity index (χ0v) is 28.8. The lowest BCUT2D eigenvalue weighted by Crippen LogP contribution is -2.15. The molecule has 9 heteroatoms. The number of rotatable bonds is 21. The van der Waals surface area contributed by atoms with Crippen molar-refractivity contribution in [3.63, 3.8) is 0 Å². The van der Waals surface area contributed by atoms with Gasteiger partial charge >= 0.3 is 11.9 Å². The third kappa shape index (κ3) is 12.2. The minimum atomic E-state index is -0.590. The molecule has 4 aromatic carbocycles. The van der Waals surface area contributed by atoms with Gasteiger partial charge in [0.05, 0.1) is 6.67 Å². The summed E-state index contributed by atoms with van der Waals surface area (Å²) in [5, 5.41) is 18.0. The fraction of sp³-hybridized carbons (Fsp3) is 0.286. The van der Waals surface area contributed by atoms with Crippen molar-refractivity contribution < 1.29 is 43.1 Å². The van der Waals surface area contributed by atoms with Crippen LogP contribution in [0.3, 0.4) is 0 Å². The Morgan fingerprint density at radius 2 is 0.941 bits per heavy atom. The molecule has 268 valence electrons. The van der Waals surface area contributed by atoms with E-state index in [0.29, 0.717) is 17.9 Å². The Balaban J connectivity index is 1.43. The van der Waals surface area contributed by atoms with Gasteiger partial charge in [-0.3, -0.25) is 4.39 Å². The Kier molecular flexibility index (Phi) is 15.4. The fourth-order valence-corrected chi connectivity index (χ4v) is 5.17. The number of aliphatic hydroxyl groups excluding tert-OH is 2. The first-order valence-corrected chi connectivity index (χ1v) is 17.0. The van der Waals surface area contributed by atoms with E-state index >= 15 is 0 Å². The maximum Gasteiger partial charge on any atom is 0.333 e. The zero-order valence-electron chi connectivity index (χ0n) is 28.8. The molecule has 0 bridgehead atoms. The SMILES string of the molecule is C=C(CCO)C(=O)OCCOc1cc(OCCOC(=O)C(=C)CCO)cc(-c2ccc(-c3ccc(-c4ccc(CCCCF)cc4)cc3)cc2)c1. The molecule has 8 nitrogen and oxygen atoms in total. The average molecular weight is 697 g/mol. The molecular weight excluding hydrogens is 651 g/mol. The van der Waals surface area contributed by atoms with Gasteiger partial charge in [0.15, 0.2) is 0 Å². The van der Waals surface area contributed by atoms with E-state index in [4.69, 9.17) is 29.2 Å². The second-order valence-electron chi connectivity index (χ2n) is 11.8. The standard InChI is InChI=1S/C42H45FO8/c1-30(18-21-44)41(46)50-25-23-48-39-27-38(28-40(29-39)49-24-26-51-42(47)31(2)19-22-45)37-16-14-36(15-17-37)35-12-10-34(11-13-35)33-8-6-32(7-9-33)5-3-4-20-43/h6-17,27-29,44-45H,1-5,18-26H2. The first-order chi connectivity index (χ1) is 24.8. The molecule has 0 saturated heterocycles. The summed E-state index contributed by atoms with van der Waals surface area (Å²) in [7, 11) is 0. The van der Waals surface area contributed by atoms with E-state index in [2.05, 4.69) is 61.7 Å². The number of halogens is 1. The summed E-state index contributed by atoms with van der Waals surface area (Å²) in [6.45, 7) is 6.68. The number of carbonyl (C=O) groups is 2. The molecule has 0 spiro atoms. The van der Waals surface area contributed by atoms with Gasteiger partial charge < -0.3 is 29.2 Å². The molecule has 0 atom stereocenters. The highest BCUT2D eigenvalue weighted by Crippen LogP contribution is 2.32. The van der Waals surface area contributed by atoms with Crippen molar-refractivity contribution in [2.45, 2.75) is 32.1 Å². The summed E-state index contributed by atoms with van der Waals surface area (Å²) >= 11 is 0. The molecule has 51 heavy (non-hydrogen) atoms. The lowest BCUT2D eigenvalue weighted by Gasteiger charge is -2.14. The lowest BCUT2D eigenvalue weighted by molar-refractivity contribution is -0.140. The number of carbonyl (C=O) groups excluding carboxylic acids is 2. The van der Waals surface area contributed by atoms with Crippen LogP contribution in [0.15, 0.2) is 115 Å². The molecule has 4 aromatic rings. The van der Waals surface area contributed by atoms with Crippen molar-refractivity contribution >= 4 is 11.9 Å². The van der Waals surface area contributed by atoms with Crippen LogP contribution in [0.4, 0.5) is 4.39 Å². The minimum absolute atomic E-state index is 0.0161. The van der Waals surface area contributed by atoms with Gasteiger partial charge in [-0.05, 0) is 70.3 Å². The zero-order chi connectivity index (χ0) is 36.4. The highest BCUT2D eigenvalue weighted by Gasteiger charge is 2.11. The van der Waals surface area contributed by atoms with E-state index in [1.165, 1.54) is 5.56 Å². The second-order valence-corrected chi connectivity index (χ2v) is 11.8. The summed E-state index contributed by atoms with van der Waals surface area (Å²) in [6.07, 6.45) is 2.60. The molecule has 0 aromatic heterocycles. The fourth-order valence-electron chi connectivity index (χ4n) is 5.17. The van der Waals surface area contributed by atoms with Crippen LogP contribution in [-0.4, -0.2) is 68.5 Å². The van der Waals surface area contributed by atoms with Crippen LogP contribution in [-0.2, 0) is 25.5 Å². The average Bonchev–Trinajstić information content (AvgIpc) is 3.15. The monoisotopic (exact) mass is 696 g/mol. The number of hydrogen-bond acceptors (Lipinski definition) is 8. The summed E-state index contributed by atoms with van der Waals surface area (Å²) in [6, 6.07) is 30.3. The molecule has 0 fully saturated rings. The third-order valence-corrected chi connectivity index (χ3v) is 8.03. The van der Waals surface area contributed by atoms with Gasteiger partial charge in [-0.15, -0.1) is 0 Å². The first-order valence-electron chi connectivity index (χ1n) is 17.0. The molecule has 0 aliphatic carbocycles. The van der Waals surface area contributed by atoms with E-state index < -0.39 is 11.9 Å². The van der Waals surface area contributed by atoms with E-state index in [1.807, 2.05) is 36.4 Å². The topological polar surface area (TPSA) is 112 Å². The molecule has 4 rings (SSSR count).